The number of fused-ring (bicyclic) bond motifs is 12. The van der Waals surface area contributed by atoms with Crippen molar-refractivity contribution in [2.24, 2.45) is 0 Å². The fourth-order valence-corrected chi connectivity index (χ4v) is 11.7. The fraction of sp³-hybridized carbons (Fsp3) is 0.0312. The molecule has 73 heavy (non-hydrogen) atoms. The average Bonchev–Trinajstić information content (AvgIpc) is 4.14. The number of rotatable bonds is 5. The lowest BCUT2D eigenvalue weighted by atomic mass is 9.91. The van der Waals surface area contributed by atoms with Gasteiger partial charge in [-0.15, -0.1) is 0 Å². The third-order valence-corrected chi connectivity index (χ3v) is 14.7. The number of para-hydroxylation sites is 5. The number of nitriles is 2. The van der Waals surface area contributed by atoms with E-state index >= 15 is 13.2 Å². The number of halogens is 3. The summed E-state index contributed by atoms with van der Waals surface area (Å²) in [6.07, 6.45) is -4.85. The van der Waals surface area contributed by atoms with E-state index in [9.17, 15) is 10.5 Å². The molecule has 0 atom stereocenters. The van der Waals surface area contributed by atoms with Gasteiger partial charge in [0.1, 0.15) is 6.07 Å². The van der Waals surface area contributed by atoms with Gasteiger partial charge in [0.25, 0.3) is 0 Å². The number of alkyl halides is 3. The van der Waals surface area contributed by atoms with Crippen molar-refractivity contribution in [1.82, 2.24) is 18.3 Å². The zero-order valence-electron chi connectivity index (χ0n) is 38.9. The molecule has 0 N–H and O–H groups in total. The molecule has 10 aromatic carbocycles. The Labute approximate surface area is 415 Å². The van der Waals surface area contributed by atoms with Crippen molar-refractivity contribution < 1.29 is 13.2 Å². The molecule has 4 heterocycles. The predicted octanol–water partition coefficient (Wildman–Crippen LogP) is 16.8. The van der Waals surface area contributed by atoms with E-state index in [1.807, 2.05) is 101 Å². The van der Waals surface area contributed by atoms with Gasteiger partial charge >= 0.3 is 6.18 Å². The first kappa shape index (κ1) is 42.1. The molecule has 0 radical (unpaired) electrons. The van der Waals surface area contributed by atoms with E-state index in [1.54, 1.807) is 12.1 Å². The molecule has 0 fully saturated rings. The van der Waals surface area contributed by atoms with Crippen molar-refractivity contribution in [3.63, 3.8) is 0 Å². The molecule has 0 aliphatic heterocycles. The van der Waals surface area contributed by atoms with Gasteiger partial charge in [0.15, 0.2) is 0 Å². The number of aryl methyl sites for hydroxylation is 1. The molecule has 6 nitrogen and oxygen atoms in total. The van der Waals surface area contributed by atoms with Crippen LogP contribution in [0.15, 0.2) is 206 Å². The minimum atomic E-state index is -4.85. The molecule has 0 amide bonds. The maximum atomic E-state index is 15.7. The van der Waals surface area contributed by atoms with Gasteiger partial charge in [0, 0.05) is 65.6 Å². The second-order valence-corrected chi connectivity index (χ2v) is 18.7. The number of nitrogens with zero attached hydrogens (tertiary/aromatic N) is 6. The van der Waals surface area contributed by atoms with Crippen LogP contribution in [-0.4, -0.2) is 18.3 Å². The van der Waals surface area contributed by atoms with E-state index in [4.69, 9.17) is 0 Å². The molecule has 0 aliphatic carbocycles. The molecule has 0 aliphatic rings. The predicted molar refractivity (Wildman–Crippen MR) is 288 cm³/mol. The topological polar surface area (TPSA) is 67.3 Å². The zero-order chi connectivity index (χ0) is 49.3. The molecule has 0 saturated heterocycles. The Morgan fingerprint density at radius 2 is 0.781 bits per heavy atom. The van der Waals surface area contributed by atoms with Crippen molar-refractivity contribution in [1.29, 1.82) is 10.5 Å². The summed E-state index contributed by atoms with van der Waals surface area (Å²) in [6.45, 7) is 2.01. The Balaban J connectivity index is 1.11. The van der Waals surface area contributed by atoms with Crippen molar-refractivity contribution >= 4 is 87.2 Å². The number of hydrogen-bond donors (Lipinski definition) is 0. The summed E-state index contributed by atoms with van der Waals surface area (Å²) in [4.78, 5) is 0. The molecule has 0 bridgehead atoms. The third kappa shape index (κ3) is 6.09. The van der Waals surface area contributed by atoms with E-state index < -0.39 is 11.7 Å². The van der Waals surface area contributed by atoms with Crippen molar-refractivity contribution in [2.75, 3.05) is 0 Å². The quantitative estimate of drug-likeness (QED) is 0.172. The summed E-state index contributed by atoms with van der Waals surface area (Å²) in [6, 6.07) is 71.2. The largest absolute Gasteiger partial charge is 0.417 e. The first-order valence-corrected chi connectivity index (χ1v) is 23.9. The highest BCUT2D eigenvalue weighted by Crippen LogP contribution is 2.47. The Bertz CT molecular complexity index is 4670. The van der Waals surface area contributed by atoms with E-state index in [2.05, 4.69) is 112 Å². The maximum Gasteiger partial charge on any atom is 0.417 e. The van der Waals surface area contributed by atoms with Gasteiger partial charge in [-0.1, -0.05) is 121 Å². The van der Waals surface area contributed by atoms with E-state index in [0.29, 0.717) is 16.9 Å². The number of benzene rings is 10. The van der Waals surface area contributed by atoms with Crippen LogP contribution in [0.4, 0.5) is 13.2 Å². The summed E-state index contributed by atoms with van der Waals surface area (Å²) in [5.41, 5.74) is 9.43. The van der Waals surface area contributed by atoms with Crippen molar-refractivity contribution in [3.05, 3.63) is 229 Å². The van der Waals surface area contributed by atoms with Gasteiger partial charge in [-0.2, -0.15) is 23.7 Å². The molecule has 0 saturated carbocycles. The van der Waals surface area contributed by atoms with Gasteiger partial charge in [-0.05, 0) is 97.9 Å². The highest BCUT2D eigenvalue weighted by atomic mass is 19.4. The minimum absolute atomic E-state index is 0.143. The van der Waals surface area contributed by atoms with Gasteiger partial charge in [0.05, 0.1) is 78.3 Å². The van der Waals surface area contributed by atoms with Crippen LogP contribution < -0.4 is 0 Å². The SMILES string of the molecule is Cc1ccc2c(c1)c1ccc(-n3c4ccccc4c4ccccc43)cc1n2-c1cc(C#N)c(-n2c3ccccc3c3ccc(-n4c5ccccc5c5ccccc54)cc32)cc1-c1c(C#N)cccc1C(F)(F)F. The summed E-state index contributed by atoms with van der Waals surface area (Å²) >= 11 is 0. The second-order valence-electron chi connectivity index (χ2n) is 18.7. The normalized spacial score (nSPS) is 12.1. The van der Waals surface area contributed by atoms with Crippen LogP contribution in [0.1, 0.15) is 22.3 Å². The van der Waals surface area contributed by atoms with Crippen LogP contribution in [0.25, 0.3) is 121 Å². The maximum absolute atomic E-state index is 15.7. The van der Waals surface area contributed by atoms with Crippen LogP contribution in [0.5, 0.6) is 0 Å². The van der Waals surface area contributed by atoms with E-state index in [1.165, 1.54) is 12.1 Å². The van der Waals surface area contributed by atoms with Crippen LogP contribution in [-0.2, 0) is 6.18 Å². The van der Waals surface area contributed by atoms with Gasteiger partial charge in [-0.3, -0.25) is 0 Å². The molecule has 0 unspecified atom stereocenters. The Hall–Kier alpha value is -9.83. The molecule has 344 valence electrons. The molecule has 4 aromatic heterocycles. The summed E-state index contributed by atoms with van der Waals surface area (Å²) in [7, 11) is 0. The van der Waals surface area contributed by atoms with E-state index in [-0.39, 0.29) is 22.3 Å². The Morgan fingerprint density at radius 1 is 0.356 bits per heavy atom. The minimum Gasteiger partial charge on any atom is -0.309 e. The Kier molecular flexibility index (Phi) is 8.98. The smallest absolute Gasteiger partial charge is 0.309 e. The highest BCUT2D eigenvalue weighted by molar-refractivity contribution is 6.14. The molecular formula is C64H37F3N6. The molecule has 14 rings (SSSR count). The lowest BCUT2D eigenvalue weighted by Crippen LogP contribution is -2.11. The highest BCUT2D eigenvalue weighted by Gasteiger charge is 2.36. The molecule has 14 aromatic rings. The van der Waals surface area contributed by atoms with Gasteiger partial charge in [-0.25, -0.2) is 0 Å². The van der Waals surface area contributed by atoms with Crippen LogP contribution in [0.3, 0.4) is 0 Å². The van der Waals surface area contributed by atoms with Gasteiger partial charge in [0.2, 0.25) is 0 Å². The number of hydrogen-bond acceptors (Lipinski definition) is 2. The lowest BCUT2D eigenvalue weighted by molar-refractivity contribution is -0.137. The monoisotopic (exact) mass is 946 g/mol. The third-order valence-electron chi connectivity index (χ3n) is 14.7. The van der Waals surface area contributed by atoms with E-state index in [0.717, 1.165) is 105 Å². The molecule has 0 spiro atoms. The second kappa shape index (κ2) is 15.6. The van der Waals surface area contributed by atoms with Gasteiger partial charge < -0.3 is 18.3 Å². The van der Waals surface area contributed by atoms with Crippen molar-refractivity contribution in [3.8, 4) is 46.0 Å². The zero-order valence-corrected chi connectivity index (χ0v) is 38.9. The van der Waals surface area contributed by atoms with Crippen LogP contribution in [0.2, 0.25) is 0 Å². The van der Waals surface area contributed by atoms with Crippen molar-refractivity contribution in [2.45, 2.75) is 13.1 Å². The standard InChI is InChI=1S/C64H37F3N6/c1-38-25-30-58-50(31-38)49-29-27-42(71-55-22-9-4-16-45(55)46-17-5-10-23-56(46)71)34-62(49)73(58)60-32-40(37-69)59(35-51(60)63-39(36-68)13-12-19-52(63)64(65,66)67)72-57-24-11-6-18-47(57)48-28-26-41(33-61(48)72)70-53-20-7-2-14-43(53)44-15-3-8-21-54(44)70/h2-35H,1H3. The van der Waals surface area contributed by atoms with Crippen LogP contribution in [0, 0.1) is 29.6 Å². The molecule has 9 heteroatoms. The summed E-state index contributed by atoms with van der Waals surface area (Å²) in [5.74, 6) is 0. The number of aromatic nitrogens is 4. The average molecular weight is 947 g/mol. The molecular weight excluding hydrogens is 910 g/mol. The summed E-state index contributed by atoms with van der Waals surface area (Å²) < 4.78 is 55.5. The van der Waals surface area contributed by atoms with Crippen LogP contribution >= 0.6 is 0 Å². The lowest BCUT2D eigenvalue weighted by Gasteiger charge is -2.22. The first-order chi connectivity index (χ1) is 35.7. The summed E-state index contributed by atoms with van der Waals surface area (Å²) in [5, 5.41) is 30.3. The first-order valence-electron chi connectivity index (χ1n) is 23.9. The Morgan fingerprint density at radius 3 is 1.26 bits per heavy atom. The fourth-order valence-electron chi connectivity index (χ4n) is 11.7.